The fourth-order valence-electron chi connectivity index (χ4n) is 2.37. The zero-order valence-corrected chi connectivity index (χ0v) is 14.9. The van der Waals surface area contributed by atoms with Gasteiger partial charge in [-0.15, -0.1) is 0 Å². The van der Waals surface area contributed by atoms with E-state index in [2.05, 4.69) is 21.2 Å². The zero-order chi connectivity index (χ0) is 16.8. The molecular formula is C15H20BrFN4O. The van der Waals surface area contributed by atoms with E-state index in [0.717, 1.165) is 0 Å². The third kappa shape index (κ3) is 2.69. The van der Waals surface area contributed by atoms with Crippen LogP contribution in [0.2, 0.25) is 0 Å². The minimum absolute atomic E-state index is 0.0872. The summed E-state index contributed by atoms with van der Waals surface area (Å²) >= 11 is 3.22. The number of hydrogen-bond donors (Lipinski definition) is 3. The lowest BCUT2D eigenvalue weighted by Gasteiger charge is -2.42. The van der Waals surface area contributed by atoms with Crippen LogP contribution in [0.15, 0.2) is 10.5 Å². The first-order valence-electron chi connectivity index (χ1n) is 6.97. The minimum Gasteiger partial charge on any atom is -0.490 e. The monoisotopic (exact) mass is 370 g/mol. The Morgan fingerprint density at radius 1 is 1.45 bits per heavy atom. The Bertz CT molecular complexity index is 657. The van der Waals surface area contributed by atoms with Crippen LogP contribution in [0.4, 0.5) is 15.8 Å². The molecular weight excluding hydrogens is 351 g/mol. The molecule has 0 saturated heterocycles. The van der Waals surface area contributed by atoms with Gasteiger partial charge in [0.1, 0.15) is 23.1 Å². The molecule has 0 atom stereocenters. The number of nitrogens with one attached hydrogen (secondary N) is 3. The summed E-state index contributed by atoms with van der Waals surface area (Å²) in [6, 6.07) is 1.70. The van der Waals surface area contributed by atoms with Gasteiger partial charge in [-0.05, 0) is 50.5 Å². The third-order valence-corrected chi connectivity index (χ3v) is 4.07. The smallest absolute Gasteiger partial charge is 0.167 e. The molecule has 22 heavy (non-hydrogen) atoms. The van der Waals surface area contributed by atoms with Gasteiger partial charge in [0, 0.05) is 6.07 Å². The molecule has 2 rings (SSSR count). The normalized spacial score (nSPS) is 16.4. The molecule has 0 amide bonds. The number of fused-ring (bicyclic) bond motifs is 1. The molecule has 0 bridgehead atoms. The molecule has 3 N–H and O–H groups in total. The number of halogens is 2. The van der Waals surface area contributed by atoms with E-state index < -0.39 is 11.4 Å². The van der Waals surface area contributed by atoms with Gasteiger partial charge < -0.3 is 10.1 Å². The van der Waals surface area contributed by atoms with E-state index in [4.69, 9.17) is 15.6 Å². The number of ether oxygens (including phenoxy) is 1. The van der Waals surface area contributed by atoms with E-state index >= 15 is 0 Å². The van der Waals surface area contributed by atoms with Gasteiger partial charge in [-0.3, -0.25) is 15.7 Å². The highest BCUT2D eigenvalue weighted by molar-refractivity contribution is 9.10. The van der Waals surface area contributed by atoms with Gasteiger partial charge in [-0.25, -0.2) is 4.39 Å². The average Bonchev–Trinajstić information content (AvgIpc) is 2.37. The first-order chi connectivity index (χ1) is 10.1. The van der Waals surface area contributed by atoms with Crippen molar-refractivity contribution in [2.75, 3.05) is 10.2 Å². The molecule has 0 saturated carbocycles. The maximum atomic E-state index is 14.8. The number of nitrogens with zero attached hydrogens (tertiary/aromatic N) is 1. The number of amidine groups is 2. The predicted octanol–water partition coefficient (Wildman–Crippen LogP) is 4.36. The quantitative estimate of drug-likeness (QED) is 0.534. The standard InChI is InChI=1S/C15H20BrFN4O/c1-7(2)22-10-6-9-13(12(17)11(10)16)21(8(3)18)14(19)15(4,5)20-9/h6-7,18-20H,1-5H3. The van der Waals surface area contributed by atoms with E-state index in [0.29, 0.717) is 11.4 Å². The van der Waals surface area contributed by atoms with Crippen molar-refractivity contribution in [3.8, 4) is 5.75 Å². The van der Waals surface area contributed by atoms with Crippen molar-refractivity contribution in [2.24, 2.45) is 0 Å². The van der Waals surface area contributed by atoms with E-state index in [1.807, 2.05) is 27.7 Å². The van der Waals surface area contributed by atoms with Crippen molar-refractivity contribution < 1.29 is 9.13 Å². The fourth-order valence-corrected chi connectivity index (χ4v) is 2.77. The van der Waals surface area contributed by atoms with Crippen LogP contribution < -0.4 is 15.0 Å². The maximum absolute atomic E-state index is 14.8. The van der Waals surface area contributed by atoms with Crippen molar-refractivity contribution in [1.29, 1.82) is 10.8 Å². The molecule has 120 valence electrons. The van der Waals surface area contributed by atoms with E-state index in [1.54, 1.807) is 6.07 Å². The maximum Gasteiger partial charge on any atom is 0.167 e. The Kier molecular flexibility index (Phi) is 4.21. The molecule has 0 aromatic heterocycles. The van der Waals surface area contributed by atoms with E-state index in [9.17, 15) is 4.39 Å². The lowest BCUT2D eigenvalue weighted by atomic mass is 9.97. The Morgan fingerprint density at radius 3 is 2.55 bits per heavy atom. The first-order valence-corrected chi connectivity index (χ1v) is 7.76. The van der Waals surface area contributed by atoms with Gasteiger partial charge >= 0.3 is 0 Å². The topological polar surface area (TPSA) is 72.2 Å². The van der Waals surface area contributed by atoms with Crippen LogP contribution in [0.3, 0.4) is 0 Å². The second-order valence-corrected chi connectivity index (χ2v) is 6.88. The van der Waals surface area contributed by atoms with Crippen molar-refractivity contribution in [3.63, 3.8) is 0 Å². The Labute approximate surface area is 138 Å². The van der Waals surface area contributed by atoms with Crippen LogP contribution in [0.5, 0.6) is 5.75 Å². The van der Waals surface area contributed by atoms with Gasteiger partial charge in [0.05, 0.1) is 21.8 Å². The Hall–Kier alpha value is -1.63. The van der Waals surface area contributed by atoms with E-state index in [1.165, 1.54) is 11.8 Å². The largest absolute Gasteiger partial charge is 0.490 e. The molecule has 1 aliphatic rings. The van der Waals surface area contributed by atoms with Crippen LogP contribution in [-0.4, -0.2) is 23.3 Å². The van der Waals surface area contributed by atoms with Crippen LogP contribution >= 0.6 is 15.9 Å². The van der Waals surface area contributed by atoms with E-state index in [-0.39, 0.29) is 27.9 Å². The number of hydrogen-bond acceptors (Lipinski definition) is 4. The summed E-state index contributed by atoms with van der Waals surface area (Å²) in [5.41, 5.74) is -0.0474. The Balaban J connectivity index is 2.69. The summed E-state index contributed by atoms with van der Waals surface area (Å²) in [6.45, 7) is 8.90. The highest BCUT2D eigenvalue weighted by Crippen LogP contribution is 2.45. The molecule has 1 heterocycles. The first kappa shape index (κ1) is 16.7. The molecule has 1 aromatic carbocycles. The molecule has 0 radical (unpaired) electrons. The van der Waals surface area contributed by atoms with Gasteiger partial charge in [0.15, 0.2) is 5.82 Å². The average molecular weight is 371 g/mol. The summed E-state index contributed by atoms with van der Waals surface area (Å²) in [7, 11) is 0. The van der Waals surface area contributed by atoms with Crippen LogP contribution in [0, 0.1) is 16.6 Å². The number of benzene rings is 1. The highest BCUT2D eigenvalue weighted by atomic mass is 79.9. The lowest BCUT2D eigenvalue weighted by Crippen LogP contribution is -2.55. The summed E-state index contributed by atoms with van der Waals surface area (Å²) in [5, 5.41) is 19.3. The molecule has 7 heteroatoms. The minimum atomic E-state index is -0.718. The molecule has 0 aliphatic carbocycles. The van der Waals surface area contributed by atoms with Crippen molar-refractivity contribution in [1.82, 2.24) is 0 Å². The second-order valence-electron chi connectivity index (χ2n) is 6.08. The van der Waals surface area contributed by atoms with Crippen molar-refractivity contribution >= 4 is 39.0 Å². The van der Waals surface area contributed by atoms with Gasteiger partial charge in [-0.1, -0.05) is 0 Å². The third-order valence-electron chi connectivity index (χ3n) is 3.33. The van der Waals surface area contributed by atoms with Crippen LogP contribution in [0.1, 0.15) is 34.6 Å². The highest BCUT2D eigenvalue weighted by Gasteiger charge is 2.39. The SMILES string of the molecule is CC(=N)N1C(=N)C(C)(C)Nc2cc(OC(C)C)c(Br)c(F)c21. The molecule has 0 unspecified atom stereocenters. The van der Waals surface area contributed by atoms with Gasteiger partial charge in [-0.2, -0.15) is 0 Å². The molecule has 5 nitrogen and oxygen atoms in total. The second kappa shape index (κ2) is 5.53. The Morgan fingerprint density at radius 2 is 2.05 bits per heavy atom. The summed E-state index contributed by atoms with van der Waals surface area (Å²) < 4.78 is 20.7. The number of anilines is 2. The molecule has 0 fully saturated rings. The molecule has 1 aliphatic heterocycles. The van der Waals surface area contributed by atoms with Crippen LogP contribution in [0.25, 0.3) is 0 Å². The fraction of sp³-hybridized carbons (Fsp3) is 0.467. The van der Waals surface area contributed by atoms with Gasteiger partial charge in [0.2, 0.25) is 0 Å². The summed E-state index contributed by atoms with van der Waals surface area (Å²) in [6.07, 6.45) is -0.0933. The van der Waals surface area contributed by atoms with Crippen molar-refractivity contribution in [2.45, 2.75) is 46.3 Å². The molecule has 1 aromatic rings. The molecule has 0 spiro atoms. The summed E-state index contributed by atoms with van der Waals surface area (Å²) in [5.74, 6) is 0.0537. The zero-order valence-electron chi connectivity index (χ0n) is 13.3. The lowest BCUT2D eigenvalue weighted by molar-refractivity contribution is 0.239. The van der Waals surface area contributed by atoms with Crippen molar-refractivity contribution in [3.05, 3.63) is 16.4 Å². The van der Waals surface area contributed by atoms with Crippen LogP contribution in [-0.2, 0) is 0 Å². The summed E-state index contributed by atoms with van der Waals surface area (Å²) in [4.78, 5) is 1.31. The number of rotatable bonds is 2. The van der Waals surface area contributed by atoms with Gasteiger partial charge in [0.25, 0.3) is 0 Å². The predicted molar refractivity (Wildman–Crippen MR) is 91.2 cm³/mol.